The Balaban J connectivity index is 2.48. The maximum absolute atomic E-state index is 10.6. The molecule has 0 fully saturated rings. The molecule has 2 aromatic rings. The standard InChI is InChI=1S/C14H15NO2/c1-3-10-4-6-13-12(8-10)11(9(2)15-13)5-7-14(16)17/h3-4,6,8,15H,1,5,7H2,2H3,(H,16,17). The van der Waals surface area contributed by atoms with Crippen LogP contribution in [-0.2, 0) is 11.2 Å². The van der Waals surface area contributed by atoms with Crippen molar-refractivity contribution in [3.05, 3.63) is 41.6 Å². The molecule has 0 saturated heterocycles. The molecule has 17 heavy (non-hydrogen) atoms. The molecule has 0 saturated carbocycles. The maximum atomic E-state index is 10.6. The average molecular weight is 229 g/mol. The largest absolute Gasteiger partial charge is 0.481 e. The molecule has 0 aliphatic carbocycles. The van der Waals surface area contributed by atoms with Gasteiger partial charge in [0.05, 0.1) is 0 Å². The van der Waals surface area contributed by atoms with Gasteiger partial charge >= 0.3 is 5.97 Å². The van der Waals surface area contributed by atoms with Crippen LogP contribution >= 0.6 is 0 Å². The number of rotatable bonds is 4. The average Bonchev–Trinajstić information content (AvgIpc) is 2.61. The maximum Gasteiger partial charge on any atom is 0.303 e. The van der Waals surface area contributed by atoms with Gasteiger partial charge in [-0.1, -0.05) is 18.7 Å². The second-order valence-electron chi connectivity index (χ2n) is 4.13. The second kappa shape index (κ2) is 4.45. The third-order valence-electron chi connectivity index (χ3n) is 2.97. The lowest BCUT2D eigenvalue weighted by Gasteiger charge is -1.99. The molecule has 3 heteroatoms. The highest BCUT2D eigenvalue weighted by molar-refractivity contribution is 5.87. The summed E-state index contributed by atoms with van der Waals surface area (Å²) in [7, 11) is 0. The van der Waals surface area contributed by atoms with Crippen molar-refractivity contribution < 1.29 is 9.90 Å². The van der Waals surface area contributed by atoms with Crippen LogP contribution in [0.15, 0.2) is 24.8 Å². The molecule has 0 amide bonds. The van der Waals surface area contributed by atoms with Crippen LogP contribution in [0.25, 0.3) is 17.0 Å². The van der Waals surface area contributed by atoms with Gasteiger partial charge in [0.1, 0.15) is 0 Å². The van der Waals surface area contributed by atoms with Crippen molar-refractivity contribution in [3.8, 4) is 0 Å². The number of benzene rings is 1. The number of hydrogen-bond donors (Lipinski definition) is 2. The predicted molar refractivity (Wildman–Crippen MR) is 69.1 cm³/mol. The summed E-state index contributed by atoms with van der Waals surface area (Å²) in [5.74, 6) is -0.765. The van der Waals surface area contributed by atoms with Crippen molar-refractivity contribution in [1.29, 1.82) is 0 Å². The van der Waals surface area contributed by atoms with E-state index in [9.17, 15) is 4.79 Å². The number of hydrogen-bond acceptors (Lipinski definition) is 1. The highest BCUT2D eigenvalue weighted by Crippen LogP contribution is 2.25. The summed E-state index contributed by atoms with van der Waals surface area (Å²) < 4.78 is 0. The first kappa shape index (κ1) is 11.5. The van der Waals surface area contributed by atoms with Crippen LogP contribution in [0.2, 0.25) is 0 Å². The lowest BCUT2D eigenvalue weighted by molar-refractivity contribution is -0.136. The van der Waals surface area contributed by atoms with Crippen molar-refractivity contribution >= 4 is 22.9 Å². The van der Waals surface area contributed by atoms with Crippen LogP contribution in [-0.4, -0.2) is 16.1 Å². The fourth-order valence-corrected chi connectivity index (χ4v) is 2.08. The Bertz CT molecular complexity index is 581. The molecule has 0 aliphatic heterocycles. The summed E-state index contributed by atoms with van der Waals surface area (Å²) in [5, 5.41) is 9.85. The van der Waals surface area contributed by atoms with E-state index in [1.165, 1.54) is 0 Å². The summed E-state index contributed by atoms with van der Waals surface area (Å²) in [6.45, 7) is 5.72. The first-order valence-electron chi connectivity index (χ1n) is 5.57. The van der Waals surface area contributed by atoms with Gasteiger partial charge in [0, 0.05) is 23.0 Å². The molecule has 2 N–H and O–H groups in total. The molecule has 1 heterocycles. The van der Waals surface area contributed by atoms with Crippen molar-refractivity contribution in [2.45, 2.75) is 19.8 Å². The summed E-state index contributed by atoms with van der Waals surface area (Å²) >= 11 is 0. The Morgan fingerprint density at radius 1 is 1.53 bits per heavy atom. The zero-order valence-corrected chi connectivity index (χ0v) is 9.79. The van der Waals surface area contributed by atoms with E-state index in [2.05, 4.69) is 11.6 Å². The smallest absolute Gasteiger partial charge is 0.303 e. The van der Waals surface area contributed by atoms with Gasteiger partial charge in [-0.05, 0) is 36.6 Å². The molecule has 3 nitrogen and oxygen atoms in total. The third-order valence-corrected chi connectivity index (χ3v) is 2.97. The van der Waals surface area contributed by atoms with Crippen LogP contribution in [0.5, 0.6) is 0 Å². The fourth-order valence-electron chi connectivity index (χ4n) is 2.08. The minimum Gasteiger partial charge on any atom is -0.481 e. The Morgan fingerprint density at radius 3 is 2.94 bits per heavy atom. The summed E-state index contributed by atoms with van der Waals surface area (Å²) in [5.41, 5.74) is 4.23. The topological polar surface area (TPSA) is 53.1 Å². The molecule has 0 bridgehead atoms. The first-order valence-corrected chi connectivity index (χ1v) is 5.57. The number of carboxylic acid groups (broad SMARTS) is 1. The summed E-state index contributed by atoms with van der Waals surface area (Å²) in [6.07, 6.45) is 2.51. The molecule has 0 spiro atoms. The van der Waals surface area contributed by atoms with E-state index in [0.717, 1.165) is 27.7 Å². The third kappa shape index (κ3) is 2.23. The molecule has 0 radical (unpaired) electrons. The number of fused-ring (bicyclic) bond motifs is 1. The second-order valence-corrected chi connectivity index (χ2v) is 4.13. The molecule has 0 atom stereocenters. The van der Waals surface area contributed by atoms with Gasteiger partial charge in [-0.2, -0.15) is 0 Å². The number of aliphatic carboxylic acids is 1. The van der Waals surface area contributed by atoms with Gasteiger partial charge in [-0.25, -0.2) is 0 Å². The lowest BCUT2D eigenvalue weighted by Crippen LogP contribution is -1.98. The van der Waals surface area contributed by atoms with E-state index < -0.39 is 5.97 Å². The quantitative estimate of drug-likeness (QED) is 0.846. The normalized spacial score (nSPS) is 10.6. The number of aromatic amines is 1. The Kier molecular flexibility index (Phi) is 3.00. The summed E-state index contributed by atoms with van der Waals surface area (Å²) in [4.78, 5) is 13.9. The van der Waals surface area contributed by atoms with Crippen LogP contribution in [0.1, 0.15) is 23.2 Å². The van der Waals surface area contributed by atoms with Crippen LogP contribution in [0.4, 0.5) is 0 Å². The molecule has 1 aromatic carbocycles. The monoisotopic (exact) mass is 229 g/mol. The molecular formula is C14H15NO2. The van der Waals surface area contributed by atoms with E-state index in [0.29, 0.717) is 6.42 Å². The van der Waals surface area contributed by atoms with Crippen molar-refractivity contribution in [2.24, 2.45) is 0 Å². The van der Waals surface area contributed by atoms with Crippen molar-refractivity contribution in [2.75, 3.05) is 0 Å². The van der Waals surface area contributed by atoms with Crippen LogP contribution in [0, 0.1) is 6.92 Å². The van der Waals surface area contributed by atoms with Gasteiger partial charge < -0.3 is 10.1 Å². The van der Waals surface area contributed by atoms with Gasteiger partial charge in [-0.3, -0.25) is 4.79 Å². The fraction of sp³-hybridized carbons (Fsp3) is 0.214. The minimum absolute atomic E-state index is 0.159. The van der Waals surface area contributed by atoms with Gasteiger partial charge in [0.2, 0.25) is 0 Å². The van der Waals surface area contributed by atoms with E-state index >= 15 is 0 Å². The highest BCUT2D eigenvalue weighted by atomic mass is 16.4. The van der Waals surface area contributed by atoms with Gasteiger partial charge in [-0.15, -0.1) is 0 Å². The first-order chi connectivity index (χ1) is 8.11. The van der Waals surface area contributed by atoms with E-state index in [4.69, 9.17) is 5.11 Å². The Hall–Kier alpha value is -2.03. The van der Waals surface area contributed by atoms with Gasteiger partial charge in [0.15, 0.2) is 0 Å². The summed E-state index contributed by atoms with van der Waals surface area (Å²) in [6, 6.07) is 6.04. The van der Waals surface area contributed by atoms with Crippen molar-refractivity contribution in [3.63, 3.8) is 0 Å². The van der Waals surface area contributed by atoms with E-state index in [-0.39, 0.29) is 6.42 Å². The molecule has 88 valence electrons. The van der Waals surface area contributed by atoms with E-state index in [1.54, 1.807) is 6.08 Å². The molecular weight excluding hydrogens is 214 g/mol. The Morgan fingerprint density at radius 2 is 2.29 bits per heavy atom. The SMILES string of the molecule is C=Cc1ccc2[nH]c(C)c(CCC(=O)O)c2c1. The number of aromatic nitrogens is 1. The molecule has 0 unspecified atom stereocenters. The number of H-pyrrole nitrogens is 1. The predicted octanol–water partition coefficient (Wildman–Crippen LogP) is 3.14. The number of carbonyl (C=O) groups is 1. The van der Waals surface area contributed by atoms with Crippen LogP contribution in [0.3, 0.4) is 0 Å². The number of nitrogens with one attached hydrogen (secondary N) is 1. The zero-order valence-electron chi connectivity index (χ0n) is 9.79. The number of aryl methyl sites for hydroxylation is 2. The minimum atomic E-state index is -0.765. The molecule has 0 aliphatic rings. The van der Waals surface area contributed by atoms with Gasteiger partial charge in [0.25, 0.3) is 0 Å². The van der Waals surface area contributed by atoms with Crippen LogP contribution < -0.4 is 0 Å². The zero-order chi connectivity index (χ0) is 12.4. The number of carboxylic acids is 1. The Labute approximate surface area is 99.8 Å². The molecule has 1 aromatic heterocycles. The molecule has 2 rings (SSSR count). The highest BCUT2D eigenvalue weighted by Gasteiger charge is 2.10. The van der Waals surface area contributed by atoms with E-state index in [1.807, 2.05) is 25.1 Å². The lowest BCUT2D eigenvalue weighted by atomic mass is 10.0. The van der Waals surface area contributed by atoms with Crippen molar-refractivity contribution in [1.82, 2.24) is 4.98 Å².